The first-order valence-electron chi connectivity index (χ1n) is 7.26. The van der Waals surface area contributed by atoms with Gasteiger partial charge in [0.05, 0.1) is 5.69 Å². The van der Waals surface area contributed by atoms with Crippen LogP contribution in [0.3, 0.4) is 0 Å². The lowest BCUT2D eigenvalue weighted by Gasteiger charge is -2.16. The summed E-state index contributed by atoms with van der Waals surface area (Å²) in [5.74, 6) is -0.982. The largest absolute Gasteiger partial charge is 0.350 e. The van der Waals surface area contributed by atoms with E-state index >= 15 is 0 Å². The highest BCUT2D eigenvalue weighted by Crippen LogP contribution is 2.31. The summed E-state index contributed by atoms with van der Waals surface area (Å²) in [6, 6.07) is 12.8. The fraction of sp³-hybridized carbons (Fsp3) is 0.111. The van der Waals surface area contributed by atoms with Gasteiger partial charge in [-0.15, -0.1) is 0 Å². The molecule has 0 bridgehead atoms. The lowest BCUT2D eigenvalue weighted by Crippen LogP contribution is -2.32. The molecule has 0 aliphatic carbocycles. The number of nitrogens with zero attached hydrogens (tertiary/aromatic N) is 1. The number of hydrogen-bond acceptors (Lipinski definition) is 3. The summed E-state index contributed by atoms with van der Waals surface area (Å²) in [5, 5.41) is 2.83. The standard InChI is InChI=1S/C18H14BrClN2O2/c1-10-7-11(2)9-14(8-10)22-17(23)15(20)16(18(22)24)21-13-5-3-12(19)4-6-13/h3-9,21H,1-2H3. The van der Waals surface area contributed by atoms with E-state index in [2.05, 4.69) is 21.2 Å². The Morgan fingerprint density at radius 2 is 1.54 bits per heavy atom. The Kier molecular flexibility index (Phi) is 4.47. The molecule has 1 aliphatic rings. The quantitative estimate of drug-likeness (QED) is 0.765. The van der Waals surface area contributed by atoms with Gasteiger partial charge in [-0.2, -0.15) is 0 Å². The lowest BCUT2D eigenvalue weighted by atomic mass is 10.1. The molecule has 0 atom stereocenters. The summed E-state index contributed by atoms with van der Waals surface area (Å²) in [6.07, 6.45) is 0. The molecule has 0 aromatic heterocycles. The van der Waals surface area contributed by atoms with Gasteiger partial charge < -0.3 is 5.32 Å². The van der Waals surface area contributed by atoms with Gasteiger partial charge in [0.25, 0.3) is 11.8 Å². The summed E-state index contributed by atoms with van der Waals surface area (Å²) in [5.41, 5.74) is 3.22. The number of benzene rings is 2. The number of nitrogens with one attached hydrogen (secondary N) is 1. The smallest absolute Gasteiger partial charge is 0.283 e. The number of rotatable bonds is 3. The molecular formula is C18H14BrClN2O2. The van der Waals surface area contributed by atoms with Gasteiger partial charge in [0.2, 0.25) is 0 Å². The minimum Gasteiger partial charge on any atom is -0.350 e. The van der Waals surface area contributed by atoms with Crippen LogP contribution in [0.25, 0.3) is 0 Å². The predicted molar refractivity (Wildman–Crippen MR) is 99.1 cm³/mol. The zero-order valence-electron chi connectivity index (χ0n) is 13.1. The first kappa shape index (κ1) is 16.7. The molecule has 0 radical (unpaired) electrons. The Hall–Kier alpha value is -2.11. The second-order valence-electron chi connectivity index (χ2n) is 5.61. The molecule has 3 rings (SSSR count). The van der Waals surface area contributed by atoms with Gasteiger partial charge >= 0.3 is 0 Å². The molecule has 0 unspecified atom stereocenters. The van der Waals surface area contributed by atoms with Crippen LogP contribution < -0.4 is 10.2 Å². The lowest BCUT2D eigenvalue weighted by molar-refractivity contribution is -0.120. The van der Waals surface area contributed by atoms with Crippen LogP contribution in [0, 0.1) is 13.8 Å². The molecule has 0 saturated heterocycles. The first-order chi connectivity index (χ1) is 11.4. The number of aryl methyl sites for hydroxylation is 2. The van der Waals surface area contributed by atoms with Crippen molar-refractivity contribution in [2.75, 3.05) is 10.2 Å². The van der Waals surface area contributed by atoms with Crippen LogP contribution in [-0.4, -0.2) is 11.8 Å². The highest BCUT2D eigenvalue weighted by Gasteiger charge is 2.39. The van der Waals surface area contributed by atoms with E-state index in [0.29, 0.717) is 11.4 Å². The second-order valence-corrected chi connectivity index (χ2v) is 6.91. The van der Waals surface area contributed by atoms with E-state index in [1.54, 1.807) is 24.3 Å². The maximum Gasteiger partial charge on any atom is 0.283 e. The van der Waals surface area contributed by atoms with E-state index in [0.717, 1.165) is 20.5 Å². The molecule has 1 N–H and O–H groups in total. The molecule has 2 aromatic carbocycles. The summed E-state index contributed by atoms with van der Waals surface area (Å²) >= 11 is 9.47. The number of carbonyl (C=O) groups excluding carboxylic acids is 2. The van der Waals surface area contributed by atoms with Crippen LogP contribution in [0.4, 0.5) is 11.4 Å². The fourth-order valence-corrected chi connectivity index (χ4v) is 3.08. The van der Waals surface area contributed by atoms with E-state index in [1.165, 1.54) is 0 Å². The highest BCUT2D eigenvalue weighted by atomic mass is 79.9. The monoisotopic (exact) mass is 404 g/mol. The number of imide groups is 1. The van der Waals surface area contributed by atoms with E-state index in [-0.39, 0.29) is 10.7 Å². The summed E-state index contributed by atoms with van der Waals surface area (Å²) in [4.78, 5) is 26.3. The van der Waals surface area contributed by atoms with Gasteiger partial charge in [-0.05, 0) is 61.4 Å². The molecule has 24 heavy (non-hydrogen) atoms. The van der Waals surface area contributed by atoms with Gasteiger partial charge in [-0.1, -0.05) is 33.6 Å². The van der Waals surface area contributed by atoms with Crippen LogP contribution in [0.2, 0.25) is 0 Å². The van der Waals surface area contributed by atoms with Crippen LogP contribution in [-0.2, 0) is 9.59 Å². The number of amides is 2. The number of hydrogen-bond donors (Lipinski definition) is 1. The Bertz CT molecular complexity index is 855. The van der Waals surface area contributed by atoms with Crippen molar-refractivity contribution >= 4 is 50.7 Å². The van der Waals surface area contributed by atoms with Gasteiger partial charge in [-0.3, -0.25) is 9.59 Å². The predicted octanol–water partition coefficient (Wildman–Crippen LogP) is 4.50. The average molecular weight is 406 g/mol. The van der Waals surface area contributed by atoms with E-state index < -0.39 is 11.8 Å². The van der Waals surface area contributed by atoms with Crippen LogP contribution in [0.15, 0.2) is 57.7 Å². The summed E-state index contributed by atoms with van der Waals surface area (Å²) in [6.45, 7) is 3.83. The first-order valence-corrected chi connectivity index (χ1v) is 8.43. The van der Waals surface area contributed by atoms with Crippen molar-refractivity contribution in [2.45, 2.75) is 13.8 Å². The van der Waals surface area contributed by atoms with Gasteiger partial charge in [0.1, 0.15) is 10.7 Å². The third-order valence-corrected chi connectivity index (χ3v) is 4.48. The zero-order chi connectivity index (χ0) is 17.4. The zero-order valence-corrected chi connectivity index (χ0v) is 15.4. The van der Waals surface area contributed by atoms with Gasteiger partial charge in [0, 0.05) is 10.2 Å². The second kappa shape index (κ2) is 6.42. The number of anilines is 2. The Morgan fingerprint density at radius 1 is 0.958 bits per heavy atom. The molecule has 0 saturated carbocycles. The minimum absolute atomic E-state index is 0.0862. The third kappa shape index (κ3) is 3.09. The van der Waals surface area contributed by atoms with E-state index in [9.17, 15) is 9.59 Å². The summed E-state index contributed by atoms with van der Waals surface area (Å²) < 4.78 is 0.916. The Morgan fingerprint density at radius 3 is 2.12 bits per heavy atom. The summed E-state index contributed by atoms with van der Waals surface area (Å²) in [7, 11) is 0. The normalized spacial score (nSPS) is 14.6. The van der Waals surface area contributed by atoms with Crippen molar-refractivity contribution in [3.63, 3.8) is 0 Å². The third-order valence-electron chi connectivity index (χ3n) is 3.61. The highest BCUT2D eigenvalue weighted by molar-refractivity contribution is 9.10. The maximum absolute atomic E-state index is 12.7. The molecule has 0 fully saturated rings. The Labute approximate surface area is 153 Å². The minimum atomic E-state index is -0.522. The van der Waals surface area contributed by atoms with Crippen LogP contribution in [0.5, 0.6) is 0 Å². The number of carbonyl (C=O) groups is 2. The maximum atomic E-state index is 12.7. The van der Waals surface area contributed by atoms with Gasteiger partial charge in [-0.25, -0.2) is 4.90 Å². The fourth-order valence-electron chi connectivity index (χ4n) is 2.60. The molecule has 2 amide bonds. The molecule has 6 heteroatoms. The molecule has 2 aromatic rings. The molecule has 4 nitrogen and oxygen atoms in total. The van der Waals surface area contributed by atoms with Crippen molar-refractivity contribution in [3.8, 4) is 0 Å². The number of halogens is 2. The van der Waals surface area contributed by atoms with Crippen molar-refractivity contribution in [1.29, 1.82) is 0 Å². The molecule has 122 valence electrons. The van der Waals surface area contributed by atoms with Crippen LogP contribution in [0.1, 0.15) is 11.1 Å². The molecule has 1 aliphatic heterocycles. The average Bonchev–Trinajstić information content (AvgIpc) is 2.72. The van der Waals surface area contributed by atoms with Crippen molar-refractivity contribution < 1.29 is 9.59 Å². The molecule has 1 heterocycles. The van der Waals surface area contributed by atoms with Crippen molar-refractivity contribution in [3.05, 3.63) is 68.8 Å². The molecule has 0 spiro atoms. The van der Waals surface area contributed by atoms with E-state index in [1.807, 2.05) is 32.0 Å². The van der Waals surface area contributed by atoms with Crippen molar-refractivity contribution in [2.24, 2.45) is 0 Å². The van der Waals surface area contributed by atoms with Gasteiger partial charge in [0.15, 0.2) is 0 Å². The van der Waals surface area contributed by atoms with Crippen LogP contribution >= 0.6 is 27.5 Å². The molecular weight excluding hydrogens is 392 g/mol. The van der Waals surface area contributed by atoms with Crippen molar-refractivity contribution in [1.82, 2.24) is 0 Å². The topological polar surface area (TPSA) is 49.4 Å². The SMILES string of the molecule is Cc1cc(C)cc(N2C(=O)C(Cl)=C(Nc3ccc(Br)cc3)C2=O)c1. The Balaban J connectivity index is 1.94. The van der Waals surface area contributed by atoms with E-state index in [4.69, 9.17) is 11.6 Å².